The summed E-state index contributed by atoms with van der Waals surface area (Å²) in [6, 6.07) is 7.13. The van der Waals surface area contributed by atoms with E-state index >= 15 is 0 Å². The quantitative estimate of drug-likeness (QED) is 0.480. The van der Waals surface area contributed by atoms with E-state index in [1.54, 1.807) is 0 Å². The molecule has 2 aliphatic carbocycles. The van der Waals surface area contributed by atoms with Gasteiger partial charge in [-0.15, -0.1) is 17.9 Å². The minimum absolute atomic E-state index is 0.240. The van der Waals surface area contributed by atoms with Crippen molar-refractivity contribution in [2.24, 2.45) is 0 Å². The first kappa shape index (κ1) is 24.6. The molecule has 4 heteroatoms. The van der Waals surface area contributed by atoms with Gasteiger partial charge in [0.2, 0.25) is 0 Å². The van der Waals surface area contributed by atoms with Gasteiger partial charge in [-0.1, -0.05) is 65.2 Å². The zero-order valence-electron chi connectivity index (χ0n) is 21.1. The van der Waals surface area contributed by atoms with Gasteiger partial charge in [-0.25, -0.2) is 4.98 Å². The summed E-state index contributed by atoms with van der Waals surface area (Å²) in [4.78, 5) is 5.06. The van der Waals surface area contributed by atoms with Gasteiger partial charge in [0, 0.05) is 30.0 Å². The van der Waals surface area contributed by atoms with E-state index in [2.05, 4.69) is 63.2 Å². The normalized spacial score (nSPS) is 24.3. The summed E-state index contributed by atoms with van der Waals surface area (Å²) < 4.78 is 5.25. The fourth-order valence-corrected chi connectivity index (χ4v) is 6.44. The van der Waals surface area contributed by atoms with Crippen LogP contribution < -0.4 is 5.32 Å². The van der Waals surface area contributed by atoms with Crippen LogP contribution in [0.25, 0.3) is 11.3 Å². The first-order valence-corrected chi connectivity index (χ1v) is 13.7. The molecule has 0 radical (unpaired) electrons. The van der Waals surface area contributed by atoms with E-state index in [1.807, 2.05) is 17.4 Å². The second-order valence-corrected chi connectivity index (χ2v) is 12.2. The second-order valence-electron chi connectivity index (χ2n) is 11.3. The van der Waals surface area contributed by atoms with E-state index < -0.39 is 0 Å². The monoisotopic (exact) mass is 466 g/mol. The number of hydrogen-bond acceptors (Lipinski definition) is 4. The smallest absolute Gasteiger partial charge is 0.0963 e. The molecule has 1 atom stereocenters. The number of morpholine rings is 1. The Morgan fingerprint density at radius 2 is 1.79 bits per heavy atom. The van der Waals surface area contributed by atoms with Crippen molar-refractivity contribution in [3.8, 4) is 11.3 Å². The summed E-state index contributed by atoms with van der Waals surface area (Å²) in [5, 5.41) is 6.84. The molecule has 1 aromatic heterocycles. The lowest BCUT2D eigenvalue weighted by molar-refractivity contribution is 0.0594. The van der Waals surface area contributed by atoms with Crippen LogP contribution in [0.1, 0.15) is 94.7 Å². The first-order chi connectivity index (χ1) is 15.8. The van der Waals surface area contributed by atoms with Crippen molar-refractivity contribution in [2.45, 2.75) is 95.5 Å². The zero-order valence-corrected chi connectivity index (χ0v) is 21.9. The predicted molar refractivity (Wildman–Crippen MR) is 141 cm³/mol. The SMILES string of the molecule is C=CC1CNCCO1.CC1(C)CCC(C)(C)c2cc(-c3csc(C4CCCCC4)n3)ccc21. The molecule has 33 heavy (non-hydrogen) atoms. The number of nitrogens with one attached hydrogen (secondary N) is 1. The number of aromatic nitrogens is 1. The first-order valence-electron chi connectivity index (χ1n) is 12.9. The van der Waals surface area contributed by atoms with Gasteiger partial charge in [0.25, 0.3) is 0 Å². The molecule has 1 saturated heterocycles. The van der Waals surface area contributed by atoms with Crippen LogP contribution in [0.2, 0.25) is 0 Å². The van der Waals surface area contributed by atoms with E-state index in [0.717, 1.165) is 19.7 Å². The molecule has 180 valence electrons. The van der Waals surface area contributed by atoms with Crippen molar-refractivity contribution in [2.75, 3.05) is 19.7 Å². The summed E-state index contributed by atoms with van der Waals surface area (Å²) in [6.07, 6.45) is 11.4. The maximum absolute atomic E-state index is 5.25. The highest BCUT2D eigenvalue weighted by atomic mass is 32.1. The summed E-state index contributed by atoms with van der Waals surface area (Å²) in [6.45, 7) is 15.9. The van der Waals surface area contributed by atoms with E-state index in [9.17, 15) is 0 Å². The Hall–Kier alpha value is -1.49. The average molecular weight is 467 g/mol. The van der Waals surface area contributed by atoms with Crippen molar-refractivity contribution in [3.63, 3.8) is 0 Å². The van der Waals surface area contributed by atoms with Gasteiger partial charge in [-0.05, 0) is 53.7 Å². The summed E-state index contributed by atoms with van der Waals surface area (Å²) >= 11 is 1.88. The molecule has 0 amide bonds. The Labute approximate surface area is 205 Å². The third-order valence-electron chi connectivity index (χ3n) is 7.84. The molecule has 3 nitrogen and oxygen atoms in total. The minimum Gasteiger partial charge on any atom is -0.372 e. The number of rotatable bonds is 3. The molecule has 1 aromatic carbocycles. The van der Waals surface area contributed by atoms with E-state index in [-0.39, 0.29) is 11.5 Å². The number of hydrogen-bond donors (Lipinski definition) is 1. The van der Waals surface area contributed by atoms with Crippen molar-refractivity contribution in [1.82, 2.24) is 10.3 Å². The molecular weight excluding hydrogens is 424 g/mol. The van der Waals surface area contributed by atoms with Gasteiger partial charge in [0.05, 0.1) is 23.4 Å². The average Bonchev–Trinajstić information content (AvgIpc) is 3.34. The van der Waals surface area contributed by atoms with Gasteiger partial charge >= 0.3 is 0 Å². The lowest BCUT2D eigenvalue weighted by Crippen LogP contribution is -2.37. The van der Waals surface area contributed by atoms with Crippen LogP contribution in [0.4, 0.5) is 0 Å². The van der Waals surface area contributed by atoms with Crippen molar-refractivity contribution in [1.29, 1.82) is 0 Å². The third-order valence-corrected chi connectivity index (χ3v) is 8.85. The Balaban J connectivity index is 0.000000275. The molecule has 5 rings (SSSR count). The second kappa shape index (κ2) is 10.4. The van der Waals surface area contributed by atoms with E-state index in [4.69, 9.17) is 9.72 Å². The number of ether oxygens (including phenoxy) is 1. The van der Waals surface area contributed by atoms with Crippen molar-refractivity contribution in [3.05, 3.63) is 52.4 Å². The number of thiazole rings is 1. The minimum atomic E-state index is 0.240. The summed E-state index contributed by atoms with van der Waals surface area (Å²) in [5.41, 5.74) is 6.13. The molecule has 0 bridgehead atoms. The fourth-order valence-electron chi connectivity index (χ4n) is 5.44. The molecule has 1 unspecified atom stereocenters. The summed E-state index contributed by atoms with van der Waals surface area (Å²) in [5.74, 6) is 0.709. The maximum atomic E-state index is 5.25. The highest BCUT2D eigenvalue weighted by Gasteiger charge is 2.37. The number of benzene rings is 1. The molecule has 3 aliphatic rings. The Kier molecular flexibility index (Phi) is 7.77. The number of fused-ring (bicyclic) bond motifs is 1. The van der Waals surface area contributed by atoms with E-state index in [0.29, 0.717) is 11.3 Å². The lowest BCUT2D eigenvalue weighted by atomic mass is 9.63. The topological polar surface area (TPSA) is 34.1 Å². The van der Waals surface area contributed by atoms with Gasteiger partial charge in [-0.3, -0.25) is 0 Å². The van der Waals surface area contributed by atoms with Crippen molar-refractivity contribution < 1.29 is 4.74 Å². The number of nitrogens with zero attached hydrogens (tertiary/aromatic N) is 1. The molecule has 1 saturated carbocycles. The lowest BCUT2D eigenvalue weighted by Gasteiger charge is -2.42. The van der Waals surface area contributed by atoms with Crippen LogP contribution in [-0.4, -0.2) is 30.8 Å². The fraction of sp³-hybridized carbons (Fsp3) is 0.621. The summed E-state index contributed by atoms with van der Waals surface area (Å²) in [7, 11) is 0. The van der Waals surface area contributed by atoms with Crippen LogP contribution in [0.5, 0.6) is 0 Å². The van der Waals surface area contributed by atoms with Gasteiger partial charge in [0.1, 0.15) is 0 Å². The molecule has 1 N–H and O–H groups in total. The van der Waals surface area contributed by atoms with Gasteiger partial charge in [-0.2, -0.15) is 0 Å². The molecule has 2 heterocycles. The molecule has 0 spiro atoms. The van der Waals surface area contributed by atoms with Crippen LogP contribution in [0.3, 0.4) is 0 Å². The molecule has 2 aromatic rings. The van der Waals surface area contributed by atoms with E-state index in [1.165, 1.54) is 72.3 Å². The van der Waals surface area contributed by atoms with Crippen LogP contribution >= 0.6 is 11.3 Å². The Bertz CT molecular complexity index is 933. The molecule has 1 aliphatic heterocycles. The predicted octanol–water partition coefficient (Wildman–Crippen LogP) is 7.37. The van der Waals surface area contributed by atoms with Gasteiger partial charge < -0.3 is 10.1 Å². The van der Waals surface area contributed by atoms with Crippen LogP contribution in [0.15, 0.2) is 36.2 Å². The zero-order chi connectivity index (χ0) is 23.5. The van der Waals surface area contributed by atoms with Crippen LogP contribution in [-0.2, 0) is 15.6 Å². The standard InChI is InChI=1S/C23H31NS.C6H11NO/c1-22(2)12-13-23(3,4)19-14-17(10-11-18(19)22)20-15-25-21(24-20)16-8-6-5-7-9-16;1-2-6-5-7-3-4-8-6/h10-11,14-16H,5-9,12-13H2,1-4H3;2,6-7H,1,3-5H2. The Morgan fingerprint density at radius 3 is 2.42 bits per heavy atom. The molecule has 2 fully saturated rings. The highest BCUT2D eigenvalue weighted by molar-refractivity contribution is 7.10. The van der Waals surface area contributed by atoms with Gasteiger partial charge in [0.15, 0.2) is 0 Å². The molecular formula is C29H42N2OS. The maximum Gasteiger partial charge on any atom is 0.0963 e. The largest absolute Gasteiger partial charge is 0.372 e. The van der Waals surface area contributed by atoms with Crippen LogP contribution in [0, 0.1) is 0 Å². The Morgan fingerprint density at radius 1 is 1.06 bits per heavy atom. The highest BCUT2D eigenvalue weighted by Crippen LogP contribution is 2.47. The van der Waals surface area contributed by atoms with Crippen molar-refractivity contribution >= 4 is 11.3 Å². The third kappa shape index (κ3) is 5.78.